The highest BCUT2D eigenvalue weighted by molar-refractivity contribution is 6.74. The van der Waals surface area contributed by atoms with E-state index in [-0.39, 0.29) is 11.0 Å². The third kappa shape index (κ3) is 6.68. The van der Waals surface area contributed by atoms with Crippen molar-refractivity contribution in [3.63, 3.8) is 0 Å². The standard InChI is InChI=1S/C26H38O4Si/c1-25(2,3)29-24(27)22(19-13-11-10-12-14-19)23(30-31(8,9)26(4,5)6)20-15-17-21(28-7)18-16-20/h10-18,22-23H,1-9H3/t22-,23+/m0/s1. The molecule has 0 amide bonds. The summed E-state index contributed by atoms with van der Waals surface area (Å²) >= 11 is 0. The van der Waals surface area contributed by atoms with Crippen molar-refractivity contribution in [1.29, 1.82) is 0 Å². The van der Waals surface area contributed by atoms with Crippen LogP contribution in [0.25, 0.3) is 0 Å². The second kappa shape index (κ2) is 9.57. The molecule has 5 heteroatoms. The lowest BCUT2D eigenvalue weighted by Gasteiger charge is -2.41. The Hall–Kier alpha value is -2.11. The normalized spacial score (nSPS) is 14.6. The monoisotopic (exact) mass is 442 g/mol. The predicted octanol–water partition coefficient (Wildman–Crippen LogP) is 6.88. The van der Waals surface area contributed by atoms with Gasteiger partial charge in [-0.1, -0.05) is 63.2 Å². The fraction of sp³-hybridized carbons (Fsp3) is 0.500. The van der Waals surface area contributed by atoms with Gasteiger partial charge in [-0.2, -0.15) is 0 Å². The van der Waals surface area contributed by atoms with E-state index in [1.54, 1.807) is 7.11 Å². The molecule has 0 aliphatic heterocycles. The molecule has 0 aliphatic carbocycles. The molecule has 2 aromatic carbocycles. The minimum absolute atomic E-state index is 0.00705. The Morgan fingerprint density at radius 3 is 1.84 bits per heavy atom. The molecule has 0 unspecified atom stereocenters. The number of esters is 1. The van der Waals surface area contributed by atoms with Gasteiger partial charge in [0.05, 0.1) is 13.2 Å². The fourth-order valence-electron chi connectivity index (χ4n) is 3.08. The molecule has 0 radical (unpaired) electrons. The van der Waals surface area contributed by atoms with E-state index in [0.717, 1.165) is 16.9 Å². The quantitative estimate of drug-likeness (QED) is 0.346. The van der Waals surface area contributed by atoms with Crippen molar-refractivity contribution in [1.82, 2.24) is 0 Å². The number of carbonyl (C=O) groups excluding carboxylic acids is 1. The number of ether oxygens (including phenoxy) is 2. The van der Waals surface area contributed by atoms with Gasteiger partial charge in [-0.3, -0.25) is 4.79 Å². The molecular formula is C26H38O4Si. The molecule has 2 atom stereocenters. The van der Waals surface area contributed by atoms with Gasteiger partial charge in [0.25, 0.3) is 0 Å². The number of rotatable bonds is 7. The van der Waals surface area contributed by atoms with Crippen LogP contribution in [0.4, 0.5) is 0 Å². The number of carbonyl (C=O) groups is 1. The average molecular weight is 443 g/mol. The highest BCUT2D eigenvalue weighted by Crippen LogP contribution is 2.45. The highest BCUT2D eigenvalue weighted by atomic mass is 28.4. The molecule has 0 N–H and O–H groups in total. The first kappa shape index (κ1) is 25.2. The van der Waals surface area contributed by atoms with Gasteiger partial charge in [-0.15, -0.1) is 0 Å². The molecule has 31 heavy (non-hydrogen) atoms. The lowest BCUT2D eigenvalue weighted by molar-refractivity contribution is -0.159. The maximum atomic E-state index is 13.5. The zero-order chi connectivity index (χ0) is 23.4. The van der Waals surface area contributed by atoms with Crippen LogP contribution in [0.5, 0.6) is 5.75 Å². The van der Waals surface area contributed by atoms with Crippen LogP contribution in [0.3, 0.4) is 0 Å². The maximum Gasteiger partial charge on any atom is 0.316 e. The van der Waals surface area contributed by atoms with Gasteiger partial charge in [0.1, 0.15) is 17.3 Å². The molecule has 170 valence electrons. The van der Waals surface area contributed by atoms with Crippen molar-refractivity contribution in [3.05, 3.63) is 65.7 Å². The second-order valence-electron chi connectivity index (χ2n) is 10.5. The third-order valence-electron chi connectivity index (χ3n) is 5.79. The van der Waals surface area contributed by atoms with Gasteiger partial charge < -0.3 is 13.9 Å². The molecule has 0 aromatic heterocycles. The first-order chi connectivity index (χ1) is 14.2. The summed E-state index contributed by atoms with van der Waals surface area (Å²) in [6.45, 7) is 16.7. The molecule has 0 bridgehead atoms. The summed E-state index contributed by atoms with van der Waals surface area (Å²) in [5.41, 5.74) is 1.23. The van der Waals surface area contributed by atoms with Crippen LogP contribution in [0, 0.1) is 0 Å². The van der Waals surface area contributed by atoms with Crippen LogP contribution in [-0.4, -0.2) is 27.0 Å². The van der Waals surface area contributed by atoms with Gasteiger partial charge in [0.15, 0.2) is 8.32 Å². The second-order valence-corrected chi connectivity index (χ2v) is 15.3. The molecule has 0 saturated heterocycles. The SMILES string of the molecule is COc1ccc([C@@H](O[Si](C)(C)C(C)(C)C)[C@@H](C(=O)OC(C)(C)C)c2ccccc2)cc1. The van der Waals surface area contributed by atoms with Crippen molar-refractivity contribution in [2.24, 2.45) is 0 Å². The summed E-state index contributed by atoms with van der Waals surface area (Å²) in [6.07, 6.45) is -0.468. The summed E-state index contributed by atoms with van der Waals surface area (Å²) in [5, 5.41) is -0.00705. The number of hydrogen-bond donors (Lipinski definition) is 0. The summed E-state index contributed by atoms with van der Waals surface area (Å²) in [5.74, 6) is -0.0930. The molecule has 0 spiro atoms. The van der Waals surface area contributed by atoms with E-state index < -0.39 is 25.9 Å². The number of benzene rings is 2. The largest absolute Gasteiger partial charge is 0.497 e. The molecule has 0 aliphatic rings. The summed E-state index contributed by atoms with van der Waals surface area (Å²) in [4.78, 5) is 13.5. The minimum atomic E-state index is -2.21. The Balaban J connectivity index is 2.62. The van der Waals surface area contributed by atoms with E-state index >= 15 is 0 Å². The van der Waals surface area contributed by atoms with Crippen LogP contribution >= 0.6 is 0 Å². The van der Waals surface area contributed by atoms with E-state index in [2.05, 4.69) is 33.9 Å². The van der Waals surface area contributed by atoms with Gasteiger partial charge in [-0.05, 0) is 62.2 Å². The van der Waals surface area contributed by atoms with Gasteiger partial charge in [0, 0.05) is 0 Å². The Morgan fingerprint density at radius 2 is 1.39 bits per heavy atom. The molecule has 0 fully saturated rings. The molecular weight excluding hydrogens is 404 g/mol. The van der Waals surface area contributed by atoms with Crippen LogP contribution in [0.15, 0.2) is 54.6 Å². The topological polar surface area (TPSA) is 44.8 Å². The maximum absolute atomic E-state index is 13.5. The lowest BCUT2D eigenvalue weighted by Crippen LogP contribution is -2.44. The van der Waals surface area contributed by atoms with Crippen molar-refractivity contribution in [3.8, 4) is 5.75 Å². The minimum Gasteiger partial charge on any atom is -0.497 e. The van der Waals surface area contributed by atoms with E-state index in [4.69, 9.17) is 13.9 Å². The molecule has 2 aromatic rings. The van der Waals surface area contributed by atoms with Gasteiger partial charge in [0.2, 0.25) is 0 Å². The fourth-order valence-corrected chi connectivity index (χ4v) is 4.34. The summed E-state index contributed by atoms with van der Waals surface area (Å²) in [7, 11) is -0.567. The summed E-state index contributed by atoms with van der Waals surface area (Å²) < 4.78 is 18.1. The Labute approximate surface area is 189 Å². The van der Waals surface area contributed by atoms with E-state index in [0.29, 0.717) is 0 Å². The van der Waals surface area contributed by atoms with Gasteiger partial charge >= 0.3 is 5.97 Å². The first-order valence-electron chi connectivity index (χ1n) is 10.8. The molecule has 0 saturated carbocycles. The zero-order valence-electron chi connectivity index (χ0n) is 20.5. The van der Waals surface area contributed by atoms with Crippen molar-refractivity contribution >= 4 is 14.3 Å². The van der Waals surface area contributed by atoms with Crippen LogP contribution in [-0.2, 0) is 14.0 Å². The van der Waals surface area contributed by atoms with Crippen LogP contribution in [0.2, 0.25) is 18.1 Å². The molecule has 0 heterocycles. The smallest absolute Gasteiger partial charge is 0.316 e. The lowest BCUT2D eigenvalue weighted by atomic mass is 9.89. The summed E-state index contributed by atoms with van der Waals surface area (Å²) in [6, 6.07) is 17.6. The van der Waals surface area contributed by atoms with Crippen molar-refractivity contribution in [2.75, 3.05) is 7.11 Å². The average Bonchev–Trinajstić information content (AvgIpc) is 2.66. The zero-order valence-corrected chi connectivity index (χ0v) is 21.5. The van der Waals surface area contributed by atoms with E-state index in [1.807, 2.05) is 75.4 Å². The molecule has 2 rings (SSSR count). The first-order valence-corrected chi connectivity index (χ1v) is 13.8. The Bertz CT molecular complexity index is 846. The van der Waals surface area contributed by atoms with E-state index in [9.17, 15) is 4.79 Å². The van der Waals surface area contributed by atoms with Crippen LogP contribution in [0.1, 0.15) is 64.7 Å². The Kier molecular flexibility index (Phi) is 7.77. The predicted molar refractivity (Wildman–Crippen MR) is 129 cm³/mol. The number of hydrogen-bond acceptors (Lipinski definition) is 4. The third-order valence-corrected chi connectivity index (χ3v) is 10.2. The highest BCUT2D eigenvalue weighted by Gasteiger charge is 2.44. The van der Waals surface area contributed by atoms with E-state index in [1.165, 1.54) is 0 Å². The van der Waals surface area contributed by atoms with Crippen molar-refractivity contribution in [2.45, 2.75) is 77.3 Å². The van der Waals surface area contributed by atoms with Gasteiger partial charge in [-0.25, -0.2) is 0 Å². The number of methoxy groups -OCH3 is 1. The van der Waals surface area contributed by atoms with Crippen LogP contribution < -0.4 is 4.74 Å². The van der Waals surface area contributed by atoms with Crippen molar-refractivity contribution < 1.29 is 18.7 Å². The Morgan fingerprint density at radius 1 is 0.839 bits per heavy atom. The molecule has 4 nitrogen and oxygen atoms in total.